The zero-order valence-electron chi connectivity index (χ0n) is 10.2. The van der Waals surface area contributed by atoms with E-state index in [0.29, 0.717) is 19.0 Å². The van der Waals surface area contributed by atoms with Gasteiger partial charge in [0.25, 0.3) is 0 Å². The molecule has 0 aromatic carbocycles. The lowest BCUT2D eigenvalue weighted by molar-refractivity contribution is -0.117. The van der Waals surface area contributed by atoms with Crippen LogP contribution >= 0.6 is 0 Å². The molecule has 0 bridgehead atoms. The summed E-state index contributed by atoms with van der Waals surface area (Å²) in [5.41, 5.74) is 6.80. The Morgan fingerprint density at radius 3 is 2.94 bits per heavy atom. The molecule has 0 saturated heterocycles. The summed E-state index contributed by atoms with van der Waals surface area (Å²) in [7, 11) is 1.65. The molecule has 0 radical (unpaired) electrons. The quantitative estimate of drug-likeness (QED) is 0.628. The third-order valence-electron chi connectivity index (χ3n) is 2.07. The molecule has 1 amide bonds. The van der Waals surface area contributed by atoms with Gasteiger partial charge in [0, 0.05) is 25.9 Å². The van der Waals surface area contributed by atoms with Gasteiger partial charge in [-0.2, -0.15) is 0 Å². The van der Waals surface area contributed by atoms with E-state index in [9.17, 15) is 4.79 Å². The minimum Gasteiger partial charge on any atom is -0.383 e. The van der Waals surface area contributed by atoms with Crippen LogP contribution in [0.5, 0.6) is 0 Å². The maximum atomic E-state index is 10.8. The van der Waals surface area contributed by atoms with Gasteiger partial charge in [-0.15, -0.1) is 0 Å². The van der Waals surface area contributed by atoms with Crippen LogP contribution < -0.4 is 11.1 Å². The first-order chi connectivity index (χ1) is 8.11. The van der Waals surface area contributed by atoms with Crippen LogP contribution in [0.25, 0.3) is 0 Å². The topological polar surface area (TPSA) is 90.1 Å². The van der Waals surface area contributed by atoms with Crippen LogP contribution in [0.1, 0.15) is 17.2 Å². The van der Waals surface area contributed by atoms with Gasteiger partial charge >= 0.3 is 0 Å². The number of methoxy groups -OCH3 is 1. The number of ether oxygens (including phenoxy) is 1. The predicted octanol–water partition coefficient (Wildman–Crippen LogP) is -0.451. The van der Waals surface area contributed by atoms with Gasteiger partial charge in [-0.3, -0.25) is 4.79 Å². The molecule has 0 aliphatic rings. The van der Waals surface area contributed by atoms with E-state index in [1.807, 2.05) is 13.0 Å². The van der Waals surface area contributed by atoms with Gasteiger partial charge in [-0.1, -0.05) is 0 Å². The SMILES string of the molecule is COCCNCc1cc(C)nc(CC(N)=O)n1. The molecule has 1 rings (SSSR count). The van der Waals surface area contributed by atoms with Gasteiger partial charge in [0.15, 0.2) is 0 Å². The maximum Gasteiger partial charge on any atom is 0.225 e. The fourth-order valence-corrected chi connectivity index (χ4v) is 1.42. The van der Waals surface area contributed by atoms with Crippen LogP contribution in [0.15, 0.2) is 6.07 Å². The Labute approximate surface area is 101 Å². The summed E-state index contributed by atoms with van der Waals surface area (Å²) in [6.07, 6.45) is 0.0761. The Morgan fingerprint density at radius 2 is 2.29 bits per heavy atom. The van der Waals surface area contributed by atoms with Crippen molar-refractivity contribution in [2.45, 2.75) is 19.9 Å². The molecule has 0 spiro atoms. The Balaban J connectivity index is 2.59. The van der Waals surface area contributed by atoms with Gasteiger partial charge in [0.1, 0.15) is 5.82 Å². The van der Waals surface area contributed by atoms with Crippen LogP contribution in [0.4, 0.5) is 0 Å². The monoisotopic (exact) mass is 238 g/mol. The van der Waals surface area contributed by atoms with E-state index < -0.39 is 5.91 Å². The molecule has 6 nitrogen and oxygen atoms in total. The van der Waals surface area contributed by atoms with E-state index in [-0.39, 0.29) is 6.42 Å². The lowest BCUT2D eigenvalue weighted by Crippen LogP contribution is -2.21. The highest BCUT2D eigenvalue weighted by atomic mass is 16.5. The van der Waals surface area contributed by atoms with Crippen molar-refractivity contribution in [3.05, 3.63) is 23.3 Å². The molecule has 1 heterocycles. The van der Waals surface area contributed by atoms with Crippen molar-refractivity contribution >= 4 is 5.91 Å². The van der Waals surface area contributed by atoms with Crippen molar-refractivity contribution in [2.24, 2.45) is 5.73 Å². The first-order valence-corrected chi connectivity index (χ1v) is 5.43. The lowest BCUT2D eigenvalue weighted by atomic mass is 10.3. The van der Waals surface area contributed by atoms with Crippen LogP contribution in [-0.2, 0) is 22.5 Å². The summed E-state index contributed by atoms with van der Waals surface area (Å²) in [6.45, 7) is 3.90. The smallest absolute Gasteiger partial charge is 0.225 e. The fraction of sp³-hybridized carbons (Fsp3) is 0.545. The highest BCUT2D eigenvalue weighted by Crippen LogP contribution is 2.01. The second kappa shape index (κ2) is 6.93. The highest BCUT2D eigenvalue weighted by molar-refractivity contribution is 5.75. The Morgan fingerprint density at radius 1 is 1.53 bits per heavy atom. The van der Waals surface area contributed by atoms with Gasteiger partial charge in [0.2, 0.25) is 5.91 Å². The normalized spacial score (nSPS) is 10.5. The number of aryl methyl sites for hydroxylation is 1. The molecule has 1 aromatic heterocycles. The molecule has 1 aromatic rings. The number of primary amides is 1. The third kappa shape index (κ3) is 5.37. The number of nitrogens with two attached hydrogens (primary N) is 1. The summed E-state index contributed by atoms with van der Waals surface area (Å²) in [5.74, 6) is 0.0509. The number of nitrogens with zero attached hydrogens (tertiary/aromatic N) is 2. The number of amides is 1. The molecule has 3 N–H and O–H groups in total. The number of hydrogen-bond acceptors (Lipinski definition) is 5. The van der Waals surface area contributed by atoms with Crippen molar-refractivity contribution in [1.82, 2.24) is 15.3 Å². The van der Waals surface area contributed by atoms with Gasteiger partial charge in [0.05, 0.1) is 18.7 Å². The van der Waals surface area contributed by atoms with E-state index in [4.69, 9.17) is 10.5 Å². The summed E-state index contributed by atoms with van der Waals surface area (Å²) in [4.78, 5) is 19.2. The zero-order valence-corrected chi connectivity index (χ0v) is 10.2. The summed E-state index contributed by atoms with van der Waals surface area (Å²) < 4.78 is 4.92. The predicted molar refractivity (Wildman–Crippen MR) is 63.3 cm³/mol. The standard InChI is InChI=1S/C11H18N4O2/c1-8-5-9(7-13-3-4-17-2)15-11(14-8)6-10(12)16/h5,13H,3-4,6-7H2,1-2H3,(H2,12,16). The number of carbonyl (C=O) groups excluding carboxylic acids is 1. The average Bonchev–Trinajstić information content (AvgIpc) is 2.22. The Hall–Kier alpha value is -1.53. The maximum absolute atomic E-state index is 10.8. The highest BCUT2D eigenvalue weighted by Gasteiger charge is 2.05. The van der Waals surface area contributed by atoms with Crippen LogP contribution in [0.3, 0.4) is 0 Å². The first kappa shape index (κ1) is 13.5. The molecular weight excluding hydrogens is 220 g/mol. The van der Waals surface area contributed by atoms with Crippen LogP contribution in [0, 0.1) is 6.92 Å². The molecular formula is C11H18N4O2. The van der Waals surface area contributed by atoms with Crippen molar-refractivity contribution in [3.8, 4) is 0 Å². The van der Waals surface area contributed by atoms with Crippen LogP contribution in [-0.4, -0.2) is 36.1 Å². The van der Waals surface area contributed by atoms with Gasteiger partial charge in [-0.25, -0.2) is 9.97 Å². The second-order valence-corrected chi connectivity index (χ2v) is 3.73. The number of rotatable bonds is 7. The molecule has 0 atom stereocenters. The molecule has 17 heavy (non-hydrogen) atoms. The second-order valence-electron chi connectivity index (χ2n) is 3.73. The van der Waals surface area contributed by atoms with Crippen molar-refractivity contribution in [1.29, 1.82) is 0 Å². The number of nitrogens with one attached hydrogen (secondary N) is 1. The van der Waals surface area contributed by atoms with Crippen molar-refractivity contribution in [2.75, 3.05) is 20.3 Å². The van der Waals surface area contributed by atoms with E-state index >= 15 is 0 Å². The molecule has 94 valence electrons. The molecule has 0 unspecified atom stereocenters. The Bertz CT molecular complexity index is 382. The van der Waals surface area contributed by atoms with Crippen molar-refractivity contribution < 1.29 is 9.53 Å². The van der Waals surface area contributed by atoms with E-state index in [1.54, 1.807) is 7.11 Å². The molecule has 6 heteroatoms. The number of aromatic nitrogens is 2. The van der Waals surface area contributed by atoms with Gasteiger partial charge in [-0.05, 0) is 13.0 Å². The molecule has 0 aliphatic carbocycles. The zero-order chi connectivity index (χ0) is 12.7. The summed E-state index contributed by atoms with van der Waals surface area (Å²) in [6, 6.07) is 1.88. The molecule has 0 aliphatic heterocycles. The van der Waals surface area contributed by atoms with E-state index in [2.05, 4.69) is 15.3 Å². The number of hydrogen-bond donors (Lipinski definition) is 2. The largest absolute Gasteiger partial charge is 0.383 e. The van der Waals surface area contributed by atoms with Crippen molar-refractivity contribution in [3.63, 3.8) is 0 Å². The lowest BCUT2D eigenvalue weighted by Gasteiger charge is -2.06. The Kier molecular flexibility index (Phi) is 5.51. The number of carbonyl (C=O) groups is 1. The molecule has 0 fully saturated rings. The summed E-state index contributed by atoms with van der Waals surface area (Å²) in [5, 5.41) is 3.18. The minimum absolute atomic E-state index is 0.0761. The minimum atomic E-state index is -0.422. The first-order valence-electron chi connectivity index (χ1n) is 5.43. The van der Waals surface area contributed by atoms with Gasteiger partial charge < -0.3 is 15.8 Å². The third-order valence-corrected chi connectivity index (χ3v) is 2.07. The van der Waals surface area contributed by atoms with E-state index in [1.165, 1.54) is 0 Å². The fourth-order valence-electron chi connectivity index (χ4n) is 1.42. The van der Waals surface area contributed by atoms with E-state index in [0.717, 1.165) is 17.9 Å². The average molecular weight is 238 g/mol. The van der Waals surface area contributed by atoms with Crippen LogP contribution in [0.2, 0.25) is 0 Å². The summed E-state index contributed by atoms with van der Waals surface area (Å²) >= 11 is 0. The molecule has 0 saturated carbocycles.